The molecule has 1 N–H and O–H groups in total. The molecule has 0 heterocycles. The first kappa shape index (κ1) is 15.8. The first-order valence-electron chi connectivity index (χ1n) is 7.11. The molecule has 0 atom stereocenters. The van der Waals surface area contributed by atoms with Crippen LogP contribution in [0.1, 0.15) is 27.0 Å². The molecule has 0 radical (unpaired) electrons. The lowest BCUT2D eigenvalue weighted by atomic mass is 10.1. The van der Waals surface area contributed by atoms with Gasteiger partial charge in [0.1, 0.15) is 13.2 Å². The van der Waals surface area contributed by atoms with E-state index in [4.69, 9.17) is 4.74 Å². The highest BCUT2D eigenvalue weighted by molar-refractivity contribution is 5.97. The number of carbonyl (C=O) groups is 2. The van der Waals surface area contributed by atoms with Gasteiger partial charge in [0.15, 0.2) is 0 Å². The smallest absolute Gasteiger partial charge is 0.325 e. The Morgan fingerprint density at radius 1 is 1.05 bits per heavy atom. The number of carbonyl (C=O) groups excluding carboxylic acids is 2. The number of benzene rings is 2. The zero-order valence-corrected chi connectivity index (χ0v) is 12.8. The van der Waals surface area contributed by atoms with E-state index in [-0.39, 0.29) is 19.1 Å². The third kappa shape index (κ3) is 4.45. The molecule has 4 heteroatoms. The normalized spacial score (nSPS) is 10.1. The van der Waals surface area contributed by atoms with Crippen molar-refractivity contribution in [2.45, 2.75) is 20.5 Å². The monoisotopic (exact) mass is 297 g/mol. The van der Waals surface area contributed by atoms with E-state index in [1.54, 1.807) is 6.07 Å². The van der Waals surface area contributed by atoms with E-state index < -0.39 is 5.97 Å². The van der Waals surface area contributed by atoms with E-state index in [2.05, 4.69) is 5.32 Å². The lowest BCUT2D eigenvalue weighted by molar-refractivity contribution is -0.143. The summed E-state index contributed by atoms with van der Waals surface area (Å²) in [6.07, 6.45) is 0. The molecule has 22 heavy (non-hydrogen) atoms. The summed E-state index contributed by atoms with van der Waals surface area (Å²) >= 11 is 0. The predicted molar refractivity (Wildman–Crippen MR) is 84.5 cm³/mol. The zero-order valence-electron chi connectivity index (χ0n) is 12.8. The summed E-state index contributed by atoms with van der Waals surface area (Å²) < 4.78 is 5.11. The number of esters is 1. The van der Waals surface area contributed by atoms with Crippen molar-refractivity contribution < 1.29 is 14.3 Å². The first-order valence-corrected chi connectivity index (χ1v) is 7.11. The Bertz CT molecular complexity index is 665. The lowest BCUT2D eigenvalue weighted by Gasteiger charge is -2.09. The highest BCUT2D eigenvalue weighted by atomic mass is 16.5. The summed E-state index contributed by atoms with van der Waals surface area (Å²) in [6.45, 7) is 3.85. The van der Waals surface area contributed by atoms with Gasteiger partial charge in [0.2, 0.25) is 0 Å². The van der Waals surface area contributed by atoms with Crippen LogP contribution >= 0.6 is 0 Å². The van der Waals surface area contributed by atoms with Crippen molar-refractivity contribution in [1.82, 2.24) is 5.32 Å². The van der Waals surface area contributed by atoms with Crippen molar-refractivity contribution in [2.24, 2.45) is 0 Å². The van der Waals surface area contributed by atoms with Crippen molar-refractivity contribution in [3.05, 3.63) is 70.8 Å². The van der Waals surface area contributed by atoms with Crippen LogP contribution in [-0.4, -0.2) is 18.4 Å². The van der Waals surface area contributed by atoms with Gasteiger partial charge in [-0.25, -0.2) is 0 Å². The van der Waals surface area contributed by atoms with Crippen molar-refractivity contribution in [3.8, 4) is 0 Å². The molecule has 0 spiro atoms. The number of nitrogens with one attached hydrogen (secondary N) is 1. The summed E-state index contributed by atoms with van der Waals surface area (Å²) in [4.78, 5) is 23.7. The molecule has 0 fully saturated rings. The fraction of sp³-hybridized carbons (Fsp3) is 0.222. The maximum Gasteiger partial charge on any atom is 0.325 e. The molecule has 114 valence electrons. The highest BCUT2D eigenvalue weighted by Gasteiger charge is 2.11. The van der Waals surface area contributed by atoms with E-state index in [9.17, 15) is 9.59 Å². The molecule has 1 amide bonds. The zero-order chi connectivity index (χ0) is 15.9. The third-order valence-electron chi connectivity index (χ3n) is 3.27. The van der Waals surface area contributed by atoms with E-state index in [1.165, 1.54) is 0 Å². The summed E-state index contributed by atoms with van der Waals surface area (Å²) in [6, 6.07) is 15.1. The Balaban J connectivity index is 1.83. The fourth-order valence-corrected chi connectivity index (χ4v) is 2.02. The molecule has 4 nitrogen and oxygen atoms in total. The minimum Gasteiger partial charge on any atom is -0.460 e. The first-order chi connectivity index (χ1) is 10.6. The minimum atomic E-state index is -0.456. The molecule has 0 aliphatic carbocycles. The van der Waals surface area contributed by atoms with Gasteiger partial charge in [-0.1, -0.05) is 48.0 Å². The van der Waals surface area contributed by atoms with Gasteiger partial charge in [-0.3, -0.25) is 9.59 Å². The van der Waals surface area contributed by atoms with E-state index in [1.807, 2.05) is 56.3 Å². The Morgan fingerprint density at radius 2 is 1.77 bits per heavy atom. The van der Waals surface area contributed by atoms with Crippen LogP contribution in [0.25, 0.3) is 0 Å². The van der Waals surface area contributed by atoms with Gasteiger partial charge in [0.05, 0.1) is 0 Å². The molecule has 0 aromatic heterocycles. The second-order valence-electron chi connectivity index (χ2n) is 5.15. The van der Waals surface area contributed by atoms with Gasteiger partial charge < -0.3 is 10.1 Å². The molecule has 0 aliphatic heterocycles. The fourth-order valence-electron chi connectivity index (χ4n) is 2.02. The van der Waals surface area contributed by atoms with Crippen LogP contribution in [0.15, 0.2) is 48.5 Å². The standard InChI is InChI=1S/C18H19NO3/c1-13-8-9-14(2)16(10-13)18(21)19-11-17(20)22-12-15-6-4-3-5-7-15/h3-10H,11-12H2,1-2H3,(H,19,21). The van der Waals surface area contributed by atoms with Gasteiger partial charge in [-0.05, 0) is 31.0 Å². The van der Waals surface area contributed by atoms with E-state index in [0.29, 0.717) is 5.56 Å². The average molecular weight is 297 g/mol. The highest BCUT2D eigenvalue weighted by Crippen LogP contribution is 2.10. The average Bonchev–Trinajstić information content (AvgIpc) is 2.54. The number of aryl methyl sites for hydroxylation is 2. The van der Waals surface area contributed by atoms with Crippen LogP contribution in [0.2, 0.25) is 0 Å². The van der Waals surface area contributed by atoms with Crippen LogP contribution in [0, 0.1) is 13.8 Å². The molecule has 2 aromatic rings. The molecule has 0 unspecified atom stereocenters. The van der Waals surface area contributed by atoms with E-state index in [0.717, 1.165) is 16.7 Å². The Kier molecular flexibility index (Phi) is 5.31. The minimum absolute atomic E-state index is 0.140. The molecule has 2 aromatic carbocycles. The number of hydrogen-bond donors (Lipinski definition) is 1. The van der Waals surface area contributed by atoms with Gasteiger partial charge in [-0.15, -0.1) is 0 Å². The molecule has 0 saturated heterocycles. The second kappa shape index (κ2) is 7.41. The SMILES string of the molecule is Cc1ccc(C)c(C(=O)NCC(=O)OCc2ccccc2)c1. The number of hydrogen-bond acceptors (Lipinski definition) is 3. The maximum absolute atomic E-state index is 12.1. The maximum atomic E-state index is 12.1. The number of rotatable bonds is 5. The topological polar surface area (TPSA) is 55.4 Å². The molecule has 2 rings (SSSR count). The third-order valence-corrected chi connectivity index (χ3v) is 3.27. The quantitative estimate of drug-likeness (QED) is 0.863. The summed E-state index contributed by atoms with van der Waals surface area (Å²) in [5, 5.41) is 2.59. The largest absolute Gasteiger partial charge is 0.460 e. The van der Waals surface area contributed by atoms with Crippen molar-refractivity contribution in [2.75, 3.05) is 6.54 Å². The molecule has 0 bridgehead atoms. The molecule has 0 aliphatic rings. The Labute approximate surface area is 130 Å². The van der Waals surface area contributed by atoms with Gasteiger partial charge in [0.25, 0.3) is 5.91 Å². The van der Waals surface area contributed by atoms with Gasteiger partial charge >= 0.3 is 5.97 Å². The second-order valence-corrected chi connectivity index (χ2v) is 5.15. The van der Waals surface area contributed by atoms with Crippen LogP contribution < -0.4 is 5.32 Å². The summed E-state index contributed by atoms with van der Waals surface area (Å²) in [7, 11) is 0. The van der Waals surface area contributed by atoms with Gasteiger partial charge in [0, 0.05) is 5.56 Å². The number of amides is 1. The Morgan fingerprint density at radius 3 is 2.50 bits per heavy atom. The van der Waals surface area contributed by atoms with Crippen LogP contribution in [0.4, 0.5) is 0 Å². The van der Waals surface area contributed by atoms with Crippen LogP contribution in [0.5, 0.6) is 0 Å². The summed E-state index contributed by atoms with van der Waals surface area (Å²) in [5.41, 5.74) is 3.37. The van der Waals surface area contributed by atoms with Crippen LogP contribution in [-0.2, 0) is 16.1 Å². The lowest BCUT2D eigenvalue weighted by Crippen LogP contribution is -2.31. The van der Waals surface area contributed by atoms with Crippen LogP contribution in [0.3, 0.4) is 0 Å². The summed E-state index contributed by atoms with van der Waals surface area (Å²) in [5.74, 6) is -0.722. The number of ether oxygens (including phenoxy) is 1. The molecule has 0 saturated carbocycles. The predicted octanol–water partition coefficient (Wildman–Crippen LogP) is 2.78. The Hall–Kier alpha value is -2.62. The van der Waals surface area contributed by atoms with E-state index >= 15 is 0 Å². The van der Waals surface area contributed by atoms with Gasteiger partial charge in [-0.2, -0.15) is 0 Å². The van der Waals surface area contributed by atoms with Crippen molar-refractivity contribution in [3.63, 3.8) is 0 Å². The molecular formula is C18H19NO3. The van der Waals surface area contributed by atoms with Crippen molar-refractivity contribution in [1.29, 1.82) is 0 Å². The molecular weight excluding hydrogens is 278 g/mol. The van der Waals surface area contributed by atoms with Crippen molar-refractivity contribution >= 4 is 11.9 Å².